The van der Waals surface area contributed by atoms with Crippen molar-refractivity contribution < 1.29 is 14.6 Å². The summed E-state index contributed by atoms with van der Waals surface area (Å²) in [6, 6.07) is 9.74. The Morgan fingerprint density at radius 1 is 1.19 bits per heavy atom. The standard InChI is InChI=1S/C19H18Cl3NO3/c1-26-17-7-5-12(20)10-13(17)18(11-4-6-14(21)15(22)9-11)23-8-2-3-16(23)19(24)25/h4-7,9-10,16,18H,2-3,8H2,1H3,(H,24,25). The van der Waals surface area contributed by atoms with E-state index < -0.39 is 12.0 Å². The molecule has 1 fully saturated rings. The van der Waals surface area contributed by atoms with E-state index in [1.54, 1.807) is 31.4 Å². The molecule has 1 N–H and O–H groups in total. The highest BCUT2D eigenvalue weighted by Gasteiger charge is 2.38. The Bertz CT molecular complexity index is 828. The molecule has 0 bridgehead atoms. The van der Waals surface area contributed by atoms with Gasteiger partial charge < -0.3 is 9.84 Å². The van der Waals surface area contributed by atoms with Gasteiger partial charge in [-0.25, -0.2) is 0 Å². The predicted octanol–water partition coefficient (Wildman–Crippen LogP) is 5.29. The summed E-state index contributed by atoms with van der Waals surface area (Å²) < 4.78 is 5.52. The molecule has 3 rings (SSSR count). The lowest BCUT2D eigenvalue weighted by Crippen LogP contribution is -2.39. The summed E-state index contributed by atoms with van der Waals surface area (Å²) in [7, 11) is 1.58. The Kier molecular flexibility index (Phi) is 5.98. The van der Waals surface area contributed by atoms with Crippen LogP contribution in [0.3, 0.4) is 0 Å². The van der Waals surface area contributed by atoms with E-state index in [-0.39, 0.29) is 6.04 Å². The first-order valence-corrected chi connectivity index (χ1v) is 9.32. The Balaban J connectivity index is 2.18. The van der Waals surface area contributed by atoms with E-state index in [2.05, 4.69) is 0 Å². The number of nitrogens with zero attached hydrogens (tertiary/aromatic N) is 1. The smallest absolute Gasteiger partial charge is 0.320 e. The Morgan fingerprint density at radius 2 is 1.96 bits per heavy atom. The van der Waals surface area contributed by atoms with Gasteiger partial charge in [-0.05, 0) is 48.7 Å². The first-order valence-electron chi connectivity index (χ1n) is 8.19. The first kappa shape index (κ1) is 19.3. The summed E-state index contributed by atoms with van der Waals surface area (Å²) in [5.41, 5.74) is 1.64. The number of likely N-dealkylation sites (tertiary alicyclic amines) is 1. The van der Waals surface area contributed by atoms with Crippen LogP contribution in [0.5, 0.6) is 5.75 Å². The van der Waals surface area contributed by atoms with Crippen molar-refractivity contribution in [2.24, 2.45) is 0 Å². The molecule has 1 heterocycles. The third kappa shape index (κ3) is 3.79. The first-order chi connectivity index (χ1) is 12.4. The molecule has 0 aliphatic carbocycles. The van der Waals surface area contributed by atoms with Gasteiger partial charge in [0, 0.05) is 17.1 Å². The summed E-state index contributed by atoms with van der Waals surface area (Å²) in [5, 5.41) is 11.1. The van der Waals surface area contributed by atoms with E-state index in [1.165, 1.54) is 0 Å². The Labute approximate surface area is 167 Å². The van der Waals surface area contributed by atoms with Crippen molar-refractivity contribution in [3.63, 3.8) is 0 Å². The second kappa shape index (κ2) is 8.05. The molecule has 26 heavy (non-hydrogen) atoms. The highest BCUT2D eigenvalue weighted by Crippen LogP contribution is 2.41. The number of ether oxygens (including phenoxy) is 1. The van der Waals surface area contributed by atoms with Gasteiger partial charge in [-0.3, -0.25) is 9.69 Å². The lowest BCUT2D eigenvalue weighted by atomic mass is 9.95. The molecule has 1 saturated heterocycles. The van der Waals surface area contributed by atoms with Gasteiger partial charge in [0.1, 0.15) is 11.8 Å². The molecule has 0 spiro atoms. The van der Waals surface area contributed by atoms with Crippen molar-refractivity contribution in [2.45, 2.75) is 24.9 Å². The molecule has 2 atom stereocenters. The zero-order valence-corrected chi connectivity index (χ0v) is 16.4. The molecule has 2 aromatic rings. The lowest BCUT2D eigenvalue weighted by molar-refractivity contribution is -0.142. The maximum atomic E-state index is 11.8. The number of methoxy groups -OCH3 is 1. The number of carboxylic acids is 1. The summed E-state index contributed by atoms with van der Waals surface area (Å²) >= 11 is 18.5. The summed E-state index contributed by atoms with van der Waals surface area (Å²) in [4.78, 5) is 13.7. The molecule has 1 aliphatic rings. The molecular weight excluding hydrogens is 397 g/mol. The number of hydrogen-bond donors (Lipinski definition) is 1. The van der Waals surface area contributed by atoms with Crippen LogP contribution in [0.2, 0.25) is 15.1 Å². The lowest BCUT2D eigenvalue weighted by Gasteiger charge is -2.33. The fourth-order valence-electron chi connectivity index (χ4n) is 3.51. The van der Waals surface area contributed by atoms with Crippen LogP contribution in [0.15, 0.2) is 36.4 Å². The number of rotatable bonds is 5. The van der Waals surface area contributed by atoms with E-state index in [1.807, 2.05) is 17.0 Å². The van der Waals surface area contributed by atoms with Gasteiger partial charge in [-0.1, -0.05) is 40.9 Å². The predicted molar refractivity (Wildman–Crippen MR) is 104 cm³/mol. The molecule has 0 radical (unpaired) electrons. The van der Waals surface area contributed by atoms with Crippen molar-refractivity contribution in [3.05, 3.63) is 62.6 Å². The number of carbonyl (C=O) groups is 1. The highest BCUT2D eigenvalue weighted by molar-refractivity contribution is 6.42. The highest BCUT2D eigenvalue weighted by atomic mass is 35.5. The topological polar surface area (TPSA) is 49.8 Å². The molecule has 2 aromatic carbocycles. The molecule has 0 aromatic heterocycles. The fraction of sp³-hybridized carbons (Fsp3) is 0.316. The molecular formula is C19H18Cl3NO3. The third-order valence-corrected chi connectivity index (χ3v) is 5.63. The second-order valence-corrected chi connectivity index (χ2v) is 7.45. The van der Waals surface area contributed by atoms with Crippen LogP contribution < -0.4 is 4.74 Å². The minimum Gasteiger partial charge on any atom is -0.496 e. The van der Waals surface area contributed by atoms with Crippen LogP contribution in [0.1, 0.15) is 30.0 Å². The number of halogens is 3. The van der Waals surface area contributed by atoms with Crippen molar-refractivity contribution in [2.75, 3.05) is 13.7 Å². The monoisotopic (exact) mass is 413 g/mol. The van der Waals surface area contributed by atoms with Gasteiger partial charge in [0.15, 0.2) is 0 Å². The number of benzene rings is 2. The molecule has 4 nitrogen and oxygen atoms in total. The normalized spacial score (nSPS) is 18.7. The Morgan fingerprint density at radius 3 is 2.62 bits per heavy atom. The summed E-state index contributed by atoms with van der Waals surface area (Å²) in [6.45, 7) is 0.650. The molecule has 138 valence electrons. The van der Waals surface area contributed by atoms with E-state index in [0.29, 0.717) is 33.8 Å². The summed E-state index contributed by atoms with van der Waals surface area (Å²) in [5.74, 6) is -0.199. The SMILES string of the molecule is COc1ccc(Cl)cc1C(c1ccc(Cl)c(Cl)c1)N1CCCC1C(=O)O. The number of carboxylic acid groups (broad SMARTS) is 1. The van der Waals surface area contributed by atoms with Crippen molar-refractivity contribution in [1.29, 1.82) is 0 Å². The fourth-order valence-corrected chi connectivity index (χ4v) is 4.00. The molecule has 1 aliphatic heterocycles. The van der Waals surface area contributed by atoms with Crippen molar-refractivity contribution >= 4 is 40.8 Å². The minimum absolute atomic E-state index is 0.359. The van der Waals surface area contributed by atoms with E-state index in [0.717, 1.165) is 17.5 Å². The molecule has 2 unspecified atom stereocenters. The van der Waals surface area contributed by atoms with Gasteiger partial charge >= 0.3 is 5.97 Å². The zero-order valence-electron chi connectivity index (χ0n) is 14.1. The van der Waals surface area contributed by atoms with Crippen molar-refractivity contribution in [3.8, 4) is 5.75 Å². The van der Waals surface area contributed by atoms with Gasteiger partial charge in [0.2, 0.25) is 0 Å². The van der Waals surface area contributed by atoms with Gasteiger partial charge in [0.25, 0.3) is 0 Å². The molecule has 0 saturated carbocycles. The average molecular weight is 415 g/mol. The van der Waals surface area contributed by atoms with Crippen LogP contribution in [0.25, 0.3) is 0 Å². The van der Waals surface area contributed by atoms with Crippen molar-refractivity contribution in [1.82, 2.24) is 4.90 Å². The zero-order chi connectivity index (χ0) is 18.8. The van der Waals surface area contributed by atoms with Crippen LogP contribution in [-0.2, 0) is 4.79 Å². The van der Waals surface area contributed by atoms with Gasteiger partial charge in [-0.2, -0.15) is 0 Å². The van der Waals surface area contributed by atoms with Gasteiger partial charge in [0.05, 0.1) is 23.2 Å². The quantitative estimate of drug-likeness (QED) is 0.722. The Hall–Kier alpha value is -1.46. The van der Waals surface area contributed by atoms with Crippen LogP contribution >= 0.6 is 34.8 Å². The number of hydrogen-bond acceptors (Lipinski definition) is 3. The van der Waals surface area contributed by atoms with E-state index in [4.69, 9.17) is 39.5 Å². The molecule has 7 heteroatoms. The molecule has 0 amide bonds. The third-order valence-electron chi connectivity index (χ3n) is 4.66. The van der Waals surface area contributed by atoms with Crippen LogP contribution in [-0.4, -0.2) is 35.7 Å². The average Bonchev–Trinajstić information content (AvgIpc) is 3.08. The van der Waals surface area contributed by atoms with Crippen LogP contribution in [0.4, 0.5) is 0 Å². The maximum absolute atomic E-state index is 11.8. The minimum atomic E-state index is -0.839. The number of aliphatic carboxylic acids is 1. The second-order valence-electron chi connectivity index (χ2n) is 6.20. The summed E-state index contributed by atoms with van der Waals surface area (Å²) in [6.07, 6.45) is 1.40. The maximum Gasteiger partial charge on any atom is 0.320 e. The van der Waals surface area contributed by atoms with Crippen LogP contribution in [0, 0.1) is 0 Å². The van der Waals surface area contributed by atoms with Gasteiger partial charge in [-0.15, -0.1) is 0 Å². The largest absolute Gasteiger partial charge is 0.496 e. The van der Waals surface area contributed by atoms with E-state index in [9.17, 15) is 9.90 Å². The van der Waals surface area contributed by atoms with E-state index >= 15 is 0 Å².